The number of ether oxygens (including phenoxy) is 1. The minimum atomic E-state index is -0.640. The van der Waals surface area contributed by atoms with E-state index in [9.17, 15) is 4.79 Å². The third-order valence-corrected chi connectivity index (χ3v) is 5.95. The first-order chi connectivity index (χ1) is 11.5. The average molecular weight is 424 g/mol. The van der Waals surface area contributed by atoms with Crippen LogP contribution in [0, 0.1) is 5.92 Å². The van der Waals surface area contributed by atoms with E-state index in [1.165, 1.54) is 12.8 Å². The lowest BCUT2D eigenvalue weighted by atomic mass is 9.75. The first-order valence-corrected chi connectivity index (χ1v) is 8.96. The van der Waals surface area contributed by atoms with Crippen molar-refractivity contribution < 1.29 is 9.53 Å². The van der Waals surface area contributed by atoms with Crippen LogP contribution in [-0.4, -0.2) is 43.1 Å². The summed E-state index contributed by atoms with van der Waals surface area (Å²) in [4.78, 5) is 14.2. The molecule has 5 N–H and O–H groups in total. The zero-order valence-electron chi connectivity index (χ0n) is 14.4. The smallest absolute Gasteiger partial charge is 0.258 e. The van der Waals surface area contributed by atoms with Gasteiger partial charge in [0.15, 0.2) is 6.10 Å². The Kier molecular flexibility index (Phi) is 6.77. The van der Waals surface area contributed by atoms with E-state index >= 15 is 0 Å². The highest BCUT2D eigenvalue weighted by Gasteiger charge is 2.38. The van der Waals surface area contributed by atoms with Gasteiger partial charge in [-0.15, -0.1) is 24.8 Å². The highest BCUT2D eigenvalue weighted by molar-refractivity contribution is 6.34. The van der Waals surface area contributed by atoms with E-state index in [4.69, 9.17) is 27.8 Å². The summed E-state index contributed by atoms with van der Waals surface area (Å²) in [5, 5.41) is 3.82. The molecule has 1 aromatic rings. The van der Waals surface area contributed by atoms with Crippen molar-refractivity contribution in [2.75, 3.05) is 37.2 Å². The summed E-state index contributed by atoms with van der Waals surface area (Å²) in [6.07, 6.45) is 2.25. The van der Waals surface area contributed by atoms with Crippen molar-refractivity contribution in [3.05, 3.63) is 16.7 Å². The Bertz CT molecular complexity index is 680. The van der Waals surface area contributed by atoms with E-state index in [1.807, 2.05) is 6.07 Å². The predicted octanol–water partition coefficient (Wildman–Crippen LogP) is 2.62. The van der Waals surface area contributed by atoms with Crippen LogP contribution in [0.1, 0.15) is 30.7 Å². The molecule has 2 atom stereocenters. The van der Waals surface area contributed by atoms with E-state index in [0.29, 0.717) is 46.9 Å². The molecular weight excluding hydrogens is 399 g/mol. The van der Waals surface area contributed by atoms with Crippen molar-refractivity contribution in [2.45, 2.75) is 31.3 Å². The van der Waals surface area contributed by atoms with Crippen LogP contribution >= 0.6 is 36.4 Å². The number of hydrogen-bond donors (Lipinski definition) is 3. The van der Waals surface area contributed by atoms with Crippen LogP contribution in [0.15, 0.2) is 6.07 Å². The summed E-state index contributed by atoms with van der Waals surface area (Å²) >= 11 is 6.40. The van der Waals surface area contributed by atoms with Gasteiger partial charge in [0.1, 0.15) is 11.4 Å². The Morgan fingerprint density at radius 2 is 1.96 bits per heavy atom. The Hall–Kier alpha value is -1.08. The fourth-order valence-corrected chi connectivity index (χ4v) is 4.50. The van der Waals surface area contributed by atoms with Crippen LogP contribution in [-0.2, 0) is 4.79 Å². The lowest BCUT2D eigenvalue weighted by molar-refractivity contribution is -0.124. The summed E-state index contributed by atoms with van der Waals surface area (Å²) in [6.45, 7) is 3.90. The Labute approximate surface area is 170 Å². The van der Waals surface area contributed by atoms with Crippen LogP contribution in [0.3, 0.4) is 0 Å². The highest BCUT2D eigenvalue weighted by Crippen LogP contribution is 2.49. The molecule has 26 heavy (non-hydrogen) atoms. The van der Waals surface area contributed by atoms with Gasteiger partial charge in [-0.3, -0.25) is 4.79 Å². The van der Waals surface area contributed by atoms with Crippen molar-refractivity contribution in [2.24, 2.45) is 11.7 Å². The first-order valence-electron chi connectivity index (χ1n) is 8.58. The number of benzene rings is 1. The number of nitrogen functional groups attached to an aromatic ring is 1. The number of primary amides is 1. The monoisotopic (exact) mass is 422 g/mol. The number of nitrogens with two attached hydrogens (primary N) is 2. The largest absolute Gasteiger partial charge is 0.478 e. The highest BCUT2D eigenvalue weighted by atomic mass is 35.5. The van der Waals surface area contributed by atoms with Gasteiger partial charge in [-0.05, 0) is 37.9 Å². The van der Waals surface area contributed by atoms with Gasteiger partial charge in [-0.25, -0.2) is 0 Å². The number of halogens is 3. The molecule has 2 bridgehead atoms. The minimum absolute atomic E-state index is 0. The third kappa shape index (κ3) is 3.65. The summed E-state index contributed by atoms with van der Waals surface area (Å²) < 4.78 is 6.05. The normalized spacial score (nSPS) is 29.1. The number of amides is 1. The van der Waals surface area contributed by atoms with E-state index in [1.54, 1.807) is 0 Å². The van der Waals surface area contributed by atoms with Gasteiger partial charge in [-0.1, -0.05) is 11.6 Å². The third-order valence-electron chi connectivity index (χ3n) is 5.64. The maximum Gasteiger partial charge on any atom is 0.258 e. The minimum Gasteiger partial charge on any atom is -0.478 e. The van der Waals surface area contributed by atoms with E-state index in [-0.39, 0.29) is 24.8 Å². The molecule has 0 spiro atoms. The Morgan fingerprint density at radius 1 is 1.27 bits per heavy atom. The first kappa shape index (κ1) is 21.2. The van der Waals surface area contributed by atoms with Crippen molar-refractivity contribution >= 4 is 53.7 Å². The van der Waals surface area contributed by atoms with E-state index < -0.39 is 12.0 Å². The number of fused-ring (bicyclic) bond motifs is 4. The quantitative estimate of drug-likeness (QED) is 0.636. The number of piperidine rings is 3. The molecule has 0 radical (unpaired) electrons. The standard InChI is InChI=1S/C17H23ClN4O2.2ClH/c18-12-7-10(11-8-22-5-2-9(11)3-6-22)16-15(14(12)19)21-4-1-13(24-16)17(20)23;;/h7,9,11,13,21H,1-6,8,19H2,(H2,20,23);2*1H. The number of rotatable bonds is 2. The van der Waals surface area contributed by atoms with Gasteiger partial charge in [0.05, 0.1) is 10.7 Å². The van der Waals surface area contributed by atoms with Gasteiger partial charge in [0.2, 0.25) is 0 Å². The lowest BCUT2D eigenvalue weighted by Gasteiger charge is -2.45. The molecule has 9 heteroatoms. The van der Waals surface area contributed by atoms with Crippen LogP contribution < -0.4 is 21.5 Å². The molecule has 6 nitrogen and oxygen atoms in total. The van der Waals surface area contributed by atoms with Gasteiger partial charge >= 0.3 is 0 Å². The molecule has 0 aromatic heterocycles. The SMILES string of the molecule is Cl.Cl.NC(=O)C1CCNc2c(N)c(Cl)cc(C3CN4CCC3CC4)c2O1. The molecule has 146 valence electrons. The van der Waals surface area contributed by atoms with Crippen LogP contribution in [0.25, 0.3) is 0 Å². The summed E-state index contributed by atoms with van der Waals surface area (Å²) in [5.41, 5.74) is 13.9. The van der Waals surface area contributed by atoms with Gasteiger partial charge in [0, 0.05) is 31.0 Å². The number of carbonyl (C=O) groups excluding carboxylic acids is 1. The molecule has 2 unspecified atom stereocenters. The second-order valence-electron chi connectivity index (χ2n) is 7.03. The van der Waals surface area contributed by atoms with Gasteiger partial charge < -0.3 is 26.4 Å². The molecule has 4 aliphatic rings. The molecule has 4 heterocycles. The summed E-state index contributed by atoms with van der Waals surface area (Å²) in [7, 11) is 0. The molecule has 1 aromatic carbocycles. The topological polar surface area (TPSA) is 93.6 Å². The molecule has 5 rings (SSSR count). The predicted molar refractivity (Wildman–Crippen MR) is 109 cm³/mol. The Balaban J connectivity index is 0.00000121. The molecule has 3 saturated heterocycles. The second kappa shape index (κ2) is 8.30. The van der Waals surface area contributed by atoms with Gasteiger partial charge in [0.25, 0.3) is 5.91 Å². The summed E-state index contributed by atoms with van der Waals surface area (Å²) in [6, 6.07) is 1.92. The van der Waals surface area contributed by atoms with Crippen molar-refractivity contribution in [3.8, 4) is 5.75 Å². The fourth-order valence-electron chi connectivity index (χ4n) is 4.29. The average Bonchev–Trinajstić information content (AvgIpc) is 2.82. The molecule has 0 saturated carbocycles. The molecular formula is C17H25Cl3N4O2. The molecule has 4 aliphatic heterocycles. The lowest BCUT2D eigenvalue weighted by Crippen LogP contribution is -2.46. The fraction of sp³-hybridized carbons (Fsp3) is 0.588. The van der Waals surface area contributed by atoms with Crippen molar-refractivity contribution in [3.63, 3.8) is 0 Å². The number of anilines is 2. The molecule has 3 fully saturated rings. The number of carbonyl (C=O) groups is 1. The van der Waals surface area contributed by atoms with E-state index in [0.717, 1.165) is 25.2 Å². The number of hydrogen-bond acceptors (Lipinski definition) is 5. The van der Waals surface area contributed by atoms with E-state index in [2.05, 4.69) is 10.2 Å². The molecule has 0 aliphatic carbocycles. The second-order valence-corrected chi connectivity index (χ2v) is 7.44. The van der Waals surface area contributed by atoms with Gasteiger partial charge in [-0.2, -0.15) is 0 Å². The number of nitrogens with one attached hydrogen (secondary N) is 1. The Morgan fingerprint density at radius 3 is 2.54 bits per heavy atom. The van der Waals surface area contributed by atoms with Crippen LogP contribution in [0.5, 0.6) is 5.75 Å². The summed E-state index contributed by atoms with van der Waals surface area (Å²) in [5.74, 6) is 1.19. The zero-order chi connectivity index (χ0) is 16.8. The van der Waals surface area contributed by atoms with Crippen LogP contribution in [0.4, 0.5) is 11.4 Å². The zero-order valence-corrected chi connectivity index (χ0v) is 16.8. The molecule has 1 amide bonds. The van der Waals surface area contributed by atoms with Crippen molar-refractivity contribution in [1.29, 1.82) is 0 Å². The maximum atomic E-state index is 11.7. The maximum absolute atomic E-state index is 11.7. The van der Waals surface area contributed by atoms with Crippen molar-refractivity contribution in [1.82, 2.24) is 4.90 Å². The number of nitrogens with zero attached hydrogens (tertiary/aromatic N) is 1. The van der Waals surface area contributed by atoms with Crippen LogP contribution in [0.2, 0.25) is 5.02 Å².